The maximum Gasteiger partial charge on any atom is 0.227 e. The maximum atomic E-state index is 5.44. The number of hydrogen-bond acceptors (Lipinski definition) is 3. The van der Waals surface area contributed by atoms with Crippen LogP contribution in [-0.4, -0.2) is 25.2 Å². The first-order valence-corrected chi connectivity index (χ1v) is 5.86. The van der Waals surface area contributed by atoms with E-state index in [1.54, 1.807) is 0 Å². The van der Waals surface area contributed by atoms with E-state index in [4.69, 9.17) is 9.47 Å². The van der Waals surface area contributed by atoms with Crippen molar-refractivity contribution in [3.8, 4) is 0 Å². The fourth-order valence-corrected chi connectivity index (χ4v) is 1.61. The lowest BCUT2D eigenvalue weighted by atomic mass is 10.2. The summed E-state index contributed by atoms with van der Waals surface area (Å²) in [5.74, 6) is -0.389. The van der Waals surface area contributed by atoms with Crippen molar-refractivity contribution in [3.63, 3.8) is 0 Å². The van der Waals surface area contributed by atoms with Gasteiger partial charge in [0.05, 0.1) is 13.2 Å². The van der Waals surface area contributed by atoms with E-state index < -0.39 is 0 Å². The Hall–Kier alpha value is -0.120. The summed E-state index contributed by atoms with van der Waals surface area (Å²) in [6.45, 7) is 11.6. The molecule has 2 fully saturated rings. The molecule has 0 aliphatic carbocycles. The Balaban J connectivity index is 0.000000379. The van der Waals surface area contributed by atoms with Crippen LogP contribution >= 0.6 is 0 Å². The van der Waals surface area contributed by atoms with Gasteiger partial charge in [0.25, 0.3) is 0 Å². The molecule has 86 valence electrons. The normalized spacial score (nSPS) is 27.6. The largest absolute Gasteiger partial charge is 0.335 e. The summed E-state index contributed by atoms with van der Waals surface area (Å²) < 4.78 is 10.9. The molecule has 0 aromatic carbocycles. The Morgan fingerprint density at radius 2 is 1.57 bits per heavy atom. The summed E-state index contributed by atoms with van der Waals surface area (Å²) in [5.41, 5.74) is 0. The molecule has 2 aliphatic rings. The SMILES string of the molecule is CC.CC.CC1CCC2(N1)OCCO2. The first-order valence-electron chi connectivity index (χ1n) is 5.86. The van der Waals surface area contributed by atoms with Gasteiger partial charge < -0.3 is 9.47 Å². The first kappa shape index (κ1) is 13.9. The molecule has 1 atom stereocenters. The molecule has 14 heavy (non-hydrogen) atoms. The summed E-state index contributed by atoms with van der Waals surface area (Å²) in [7, 11) is 0. The molecule has 2 rings (SSSR count). The van der Waals surface area contributed by atoms with Gasteiger partial charge in [-0.3, -0.25) is 5.32 Å². The standard InChI is InChI=1S/C7H13NO2.2C2H6/c1-6-2-3-7(8-6)9-4-5-10-7;2*1-2/h6,8H,2-5H2,1H3;2*1-2H3. The van der Waals surface area contributed by atoms with Gasteiger partial charge >= 0.3 is 0 Å². The van der Waals surface area contributed by atoms with Crippen LogP contribution in [-0.2, 0) is 9.47 Å². The molecule has 1 N–H and O–H groups in total. The van der Waals surface area contributed by atoms with Gasteiger partial charge in [-0.25, -0.2) is 0 Å². The van der Waals surface area contributed by atoms with Gasteiger partial charge in [-0.2, -0.15) is 0 Å². The van der Waals surface area contributed by atoms with Crippen LogP contribution < -0.4 is 5.32 Å². The van der Waals surface area contributed by atoms with E-state index in [9.17, 15) is 0 Å². The van der Waals surface area contributed by atoms with Gasteiger partial charge in [-0.1, -0.05) is 27.7 Å². The minimum absolute atomic E-state index is 0.389. The number of nitrogens with one attached hydrogen (secondary N) is 1. The number of hydrogen-bond donors (Lipinski definition) is 1. The summed E-state index contributed by atoms with van der Waals surface area (Å²) in [4.78, 5) is 0. The molecule has 0 amide bonds. The molecule has 0 bridgehead atoms. The number of rotatable bonds is 0. The molecule has 0 aromatic heterocycles. The second-order valence-corrected chi connectivity index (χ2v) is 3.03. The fourth-order valence-electron chi connectivity index (χ4n) is 1.61. The highest BCUT2D eigenvalue weighted by Gasteiger charge is 2.41. The van der Waals surface area contributed by atoms with E-state index in [-0.39, 0.29) is 5.91 Å². The zero-order chi connectivity index (χ0) is 11.0. The van der Waals surface area contributed by atoms with Crippen molar-refractivity contribution >= 4 is 0 Å². The zero-order valence-corrected chi connectivity index (χ0v) is 10.2. The lowest BCUT2D eigenvalue weighted by Gasteiger charge is -2.21. The summed E-state index contributed by atoms with van der Waals surface area (Å²) in [6, 6.07) is 0.540. The average Bonchev–Trinajstić information content (AvgIpc) is 2.84. The molecular weight excluding hydrogens is 178 g/mol. The average molecular weight is 203 g/mol. The molecule has 1 spiro atoms. The Kier molecular flexibility index (Phi) is 7.15. The van der Waals surface area contributed by atoms with Gasteiger partial charge in [0.1, 0.15) is 0 Å². The van der Waals surface area contributed by atoms with Gasteiger partial charge in [0.15, 0.2) is 0 Å². The van der Waals surface area contributed by atoms with Crippen LogP contribution in [0, 0.1) is 0 Å². The molecule has 2 heterocycles. The summed E-state index contributed by atoms with van der Waals surface area (Å²) in [6.07, 6.45) is 2.15. The molecule has 3 heteroatoms. The minimum atomic E-state index is -0.389. The van der Waals surface area contributed by atoms with Crippen LogP contribution in [0.25, 0.3) is 0 Å². The Morgan fingerprint density at radius 3 is 1.93 bits per heavy atom. The van der Waals surface area contributed by atoms with E-state index in [0.717, 1.165) is 26.1 Å². The third kappa shape index (κ3) is 3.56. The third-order valence-corrected chi connectivity index (χ3v) is 2.13. The van der Waals surface area contributed by atoms with E-state index >= 15 is 0 Å². The lowest BCUT2D eigenvalue weighted by molar-refractivity contribution is -0.169. The Morgan fingerprint density at radius 1 is 1.07 bits per heavy atom. The third-order valence-electron chi connectivity index (χ3n) is 2.13. The van der Waals surface area contributed by atoms with Crippen molar-refractivity contribution in [1.29, 1.82) is 0 Å². The van der Waals surface area contributed by atoms with Gasteiger partial charge in [-0.15, -0.1) is 0 Å². The lowest BCUT2D eigenvalue weighted by Crippen LogP contribution is -2.43. The zero-order valence-electron chi connectivity index (χ0n) is 10.2. The molecule has 3 nitrogen and oxygen atoms in total. The van der Waals surface area contributed by atoms with Gasteiger partial charge in [0, 0.05) is 12.5 Å². The topological polar surface area (TPSA) is 30.5 Å². The van der Waals surface area contributed by atoms with Crippen molar-refractivity contribution in [3.05, 3.63) is 0 Å². The maximum absolute atomic E-state index is 5.44. The molecule has 1 unspecified atom stereocenters. The first-order chi connectivity index (χ1) is 6.81. The molecule has 0 radical (unpaired) electrons. The van der Waals surface area contributed by atoms with E-state index in [1.807, 2.05) is 27.7 Å². The van der Waals surface area contributed by atoms with E-state index in [2.05, 4.69) is 12.2 Å². The second kappa shape index (κ2) is 7.21. The van der Waals surface area contributed by atoms with Crippen molar-refractivity contribution in [1.82, 2.24) is 5.32 Å². The predicted molar refractivity (Wildman–Crippen MR) is 59.2 cm³/mol. The highest BCUT2D eigenvalue weighted by atomic mass is 16.8. The van der Waals surface area contributed by atoms with Crippen LogP contribution in [0.3, 0.4) is 0 Å². The van der Waals surface area contributed by atoms with Crippen LogP contribution in [0.2, 0.25) is 0 Å². The molecule has 0 saturated carbocycles. The summed E-state index contributed by atoms with van der Waals surface area (Å²) >= 11 is 0. The monoisotopic (exact) mass is 203 g/mol. The van der Waals surface area contributed by atoms with E-state index in [1.165, 1.54) is 0 Å². The van der Waals surface area contributed by atoms with Crippen molar-refractivity contribution in [2.75, 3.05) is 13.2 Å². The highest BCUT2D eigenvalue weighted by molar-refractivity contribution is 4.83. The smallest absolute Gasteiger partial charge is 0.227 e. The number of ether oxygens (including phenoxy) is 2. The van der Waals surface area contributed by atoms with Gasteiger partial charge in [0.2, 0.25) is 5.91 Å². The molecule has 2 aliphatic heterocycles. The highest BCUT2D eigenvalue weighted by Crippen LogP contribution is 2.28. The fraction of sp³-hybridized carbons (Fsp3) is 1.00. The Labute approximate surface area is 88.2 Å². The minimum Gasteiger partial charge on any atom is -0.335 e. The van der Waals surface area contributed by atoms with Crippen molar-refractivity contribution in [2.45, 2.75) is 59.4 Å². The van der Waals surface area contributed by atoms with Crippen molar-refractivity contribution < 1.29 is 9.47 Å². The van der Waals surface area contributed by atoms with Crippen LogP contribution in [0.5, 0.6) is 0 Å². The van der Waals surface area contributed by atoms with E-state index in [0.29, 0.717) is 6.04 Å². The van der Waals surface area contributed by atoms with Crippen LogP contribution in [0.4, 0.5) is 0 Å². The summed E-state index contributed by atoms with van der Waals surface area (Å²) in [5, 5.41) is 3.28. The molecule has 2 saturated heterocycles. The Bertz CT molecular complexity index is 133. The predicted octanol–water partition coefficient (Wildman–Crippen LogP) is 2.51. The molecule has 0 aromatic rings. The molecular formula is C11H25NO2. The second-order valence-electron chi connectivity index (χ2n) is 3.03. The van der Waals surface area contributed by atoms with Gasteiger partial charge in [-0.05, 0) is 13.3 Å². The van der Waals surface area contributed by atoms with Crippen LogP contribution in [0.1, 0.15) is 47.5 Å². The quantitative estimate of drug-likeness (QED) is 0.656. The van der Waals surface area contributed by atoms with Crippen LogP contribution in [0.15, 0.2) is 0 Å². The van der Waals surface area contributed by atoms with Crippen molar-refractivity contribution in [2.24, 2.45) is 0 Å².